The molecule has 3 rings (SSSR count). The van der Waals surface area contributed by atoms with Gasteiger partial charge in [-0.3, -0.25) is 0 Å². The first-order valence-electron chi connectivity index (χ1n) is 6.83. The highest BCUT2D eigenvalue weighted by Gasteiger charge is 2.10. The van der Waals surface area contributed by atoms with Crippen LogP contribution in [-0.4, -0.2) is 26.1 Å². The number of aliphatic hydroxyl groups excluding tert-OH is 1. The predicted molar refractivity (Wildman–Crippen MR) is 85.4 cm³/mol. The Kier molecular flexibility index (Phi) is 4.08. The molecule has 2 N–H and O–H groups in total. The molecule has 0 unspecified atom stereocenters. The summed E-state index contributed by atoms with van der Waals surface area (Å²) in [4.78, 5) is 1.13. The van der Waals surface area contributed by atoms with Gasteiger partial charge in [-0.25, -0.2) is 4.68 Å². The largest absolute Gasteiger partial charge is 0.394 e. The Balaban J connectivity index is 1.79. The van der Waals surface area contributed by atoms with E-state index in [1.165, 1.54) is 5.56 Å². The number of thiophene rings is 1. The minimum absolute atomic E-state index is 0.0750. The normalized spacial score (nSPS) is 11.0. The summed E-state index contributed by atoms with van der Waals surface area (Å²) in [5, 5.41) is 19.2. The van der Waals surface area contributed by atoms with Gasteiger partial charge in [-0.15, -0.1) is 11.3 Å². The molecular formula is C15H18N4OS. The molecule has 0 bridgehead atoms. The summed E-state index contributed by atoms with van der Waals surface area (Å²) in [6.07, 6.45) is 4.11. The van der Waals surface area contributed by atoms with Crippen LogP contribution in [0.2, 0.25) is 0 Å². The number of aliphatic hydroxyl groups is 1. The van der Waals surface area contributed by atoms with Crippen molar-refractivity contribution in [3.8, 4) is 10.6 Å². The summed E-state index contributed by atoms with van der Waals surface area (Å²) >= 11 is 1.66. The van der Waals surface area contributed by atoms with Crippen LogP contribution in [0.3, 0.4) is 0 Å². The molecule has 0 atom stereocenters. The second kappa shape index (κ2) is 6.15. The van der Waals surface area contributed by atoms with Crippen LogP contribution in [0.4, 0.5) is 5.82 Å². The SMILES string of the molecule is Cn1ccc(CNc2cc(-c3cccs3)nn2CCO)c1. The van der Waals surface area contributed by atoms with Crippen molar-refractivity contribution in [2.45, 2.75) is 13.1 Å². The molecule has 3 aromatic heterocycles. The summed E-state index contributed by atoms with van der Waals surface area (Å²) in [5.41, 5.74) is 2.15. The van der Waals surface area contributed by atoms with Crippen LogP contribution in [0.25, 0.3) is 10.6 Å². The second-order valence-corrected chi connectivity index (χ2v) is 5.83. The number of aromatic nitrogens is 3. The molecule has 3 aromatic rings. The van der Waals surface area contributed by atoms with E-state index in [-0.39, 0.29) is 6.61 Å². The summed E-state index contributed by atoms with van der Waals surface area (Å²) < 4.78 is 3.84. The average molecular weight is 302 g/mol. The van der Waals surface area contributed by atoms with Gasteiger partial charge >= 0.3 is 0 Å². The Hall–Kier alpha value is -2.05. The quantitative estimate of drug-likeness (QED) is 0.736. The van der Waals surface area contributed by atoms with E-state index in [9.17, 15) is 5.11 Å². The molecule has 110 valence electrons. The van der Waals surface area contributed by atoms with Crippen LogP contribution < -0.4 is 5.32 Å². The lowest BCUT2D eigenvalue weighted by atomic mass is 10.3. The summed E-state index contributed by atoms with van der Waals surface area (Å²) in [6.45, 7) is 1.30. The lowest BCUT2D eigenvalue weighted by Gasteiger charge is -2.07. The zero-order valence-electron chi connectivity index (χ0n) is 11.9. The van der Waals surface area contributed by atoms with Crippen molar-refractivity contribution in [2.75, 3.05) is 11.9 Å². The van der Waals surface area contributed by atoms with Gasteiger partial charge < -0.3 is 15.0 Å². The molecule has 6 heteroatoms. The molecule has 0 fully saturated rings. The Bertz CT molecular complexity index is 699. The first-order chi connectivity index (χ1) is 10.3. The van der Waals surface area contributed by atoms with Crippen LogP contribution >= 0.6 is 11.3 Å². The Morgan fingerprint density at radius 3 is 2.95 bits per heavy atom. The Morgan fingerprint density at radius 1 is 1.38 bits per heavy atom. The third-order valence-corrected chi connectivity index (χ3v) is 4.12. The zero-order chi connectivity index (χ0) is 14.7. The number of nitrogens with one attached hydrogen (secondary N) is 1. The third-order valence-electron chi connectivity index (χ3n) is 3.23. The predicted octanol–water partition coefficient (Wildman–Crippen LogP) is 2.55. The highest BCUT2D eigenvalue weighted by atomic mass is 32.1. The molecule has 0 amide bonds. The number of hydrogen-bond acceptors (Lipinski definition) is 4. The molecule has 3 heterocycles. The molecule has 0 saturated heterocycles. The van der Waals surface area contributed by atoms with Crippen molar-refractivity contribution in [2.24, 2.45) is 7.05 Å². The molecule has 0 aliphatic rings. The van der Waals surface area contributed by atoms with E-state index in [2.05, 4.69) is 28.7 Å². The highest BCUT2D eigenvalue weighted by Crippen LogP contribution is 2.26. The molecule has 0 aromatic carbocycles. The number of nitrogens with zero attached hydrogens (tertiary/aromatic N) is 3. The number of rotatable bonds is 6. The van der Waals surface area contributed by atoms with Gasteiger partial charge in [0.05, 0.1) is 18.0 Å². The van der Waals surface area contributed by atoms with E-state index in [0.29, 0.717) is 6.54 Å². The molecule has 0 spiro atoms. The van der Waals surface area contributed by atoms with Gasteiger partial charge in [-0.2, -0.15) is 5.10 Å². The van der Waals surface area contributed by atoms with Crippen molar-refractivity contribution in [3.05, 3.63) is 47.6 Å². The maximum atomic E-state index is 9.18. The fourth-order valence-electron chi connectivity index (χ4n) is 2.23. The fourth-order valence-corrected chi connectivity index (χ4v) is 2.91. The lowest BCUT2D eigenvalue weighted by molar-refractivity contribution is 0.270. The monoisotopic (exact) mass is 302 g/mol. The van der Waals surface area contributed by atoms with E-state index < -0.39 is 0 Å². The van der Waals surface area contributed by atoms with Gasteiger partial charge in [0, 0.05) is 32.1 Å². The second-order valence-electron chi connectivity index (χ2n) is 4.88. The zero-order valence-corrected chi connectivity index (χ0v) is 12.7. The molecule has 0 aliphatic heterocycles. The van der Waals surface area contributed by atoms with Gasteiger partial charge in [-0.05, 0) is 23.1 Å². The molecular weight excluding hydrogens is 284 g/mol. The number of anilines is 1. The average Bonchev–Trinajstić information content (AvgIpc) is 3.17. The van der Waals surface area contributed by atoms with Gasteiger partial charge in [0.2, 0.25) is 0 Å². The van der Waals surface area contributed by atoms with Gasteiger partial charge in [0.25, 0.3) is 0 Å². The molecule has 21 heavy (non-hydrogen) atoms. The van der Waals surface area contributed by atoms with Crippen LogP contribution in [0.15, 0.2) is 42.0 Å². The van der Waals surface area contributed by atoms with E-state index in [1.54, 1.807) is 11.3 Å². The first kappa shape index (κ1) is 13.9. The van der Waals surface area contributed by atoms with E-state index >= 15 is 0 Å². The van der Waals surface area contributed by atoms with Gasteiger partial charge in [-0.1, -0.05) is 6.07 Å². The van der Waals surface area contributed by atoms with E-state index in [1.807, 2.05) is 40.0 Å². The van der Waals surface area contributed by atoms with Crippen LogP contribution in [0.5, 0.6) is 0 Å². The topological polar surface area (TPSA) is 55.0 Å². The maximum Gasteiger partial charge on any atom is 0.125 e. The Morgan fingerprint density at radius 2 is 2.29 bits per heavy atom. The van der Waals surface area contributed by atoms with Gasteiger partial charge in [0.1, 0.15) is 11.5 Å². The summed E-state index contributed by atoms with van der Waals surface area (Å²) in [6, 6.07) is 8.18. The third kappa shape index (κ3) is 3.17. The van der Waals surface area contributed by atoms with Crippen molar-refractivity contribution in [3.63, 3.8) is 0 Å². The van der Waals surface area contributed by atoms with Crippen LogP contribution in [0, 0.1) is 0 Å². The van der Waals surface area contributed by atoms with Crippen molar-refractivity contribution < 1.29 is 5.11 Å². The highest BCUT2D eigenvalue weighted by molar-refractivity contribution is 7.13. The van der Waals surface area contributed by atoms with E-state index in [4.69, 9.17) is 0 Å². The smallest absolute Gasteiger partial charge is 0.125 e. The van der Waals surface area contributed by atoms with E-state index in [0.717, 1.165) is 22.9 Å². The maximum absolute atomic E-state index is 9.18. The standard InChI is InChI=1S/C15H18N4OS/c1-18-5-4-12(11-18)10-16-15-9-13(14-3-2-8-21-14)17-19(15)6-7-20/h2-5,8-9,11,16,20H,6-7,10H2,1H3. The lowest BCUT2D eigenvalue weighted by Crippen LogP contribution is -2.10. The van der Waals surface area contributed by atoms with Crippen molar-refractivity contribution in [1.82, 2.24) is 14.3 Å². The van der Waals surface area contributed by atoms with Crippen LogP contribution in [0.1, 0.15) is 5.56 Å². The van der Waals surface area contributed by atoms with Crippen LogP contribution in [-0.2, 0) is 20.1 Å². The van der Waals surface area contributed by atoms with Gasteiger partial charge in [0.15, 0.2) is 0 Å². The molecule has 5 nitrogen and oxygen atoms in total. The molecule has 0 saturated carbocycles. The Labute approximate surface area is 127 Å². The number of hydrogen-bond donors (Lipinski definition) is 2. The summed E-state index contributed by atoms with van der Waals surface area (Å²) in [7, 11) is 2.01. The minimum Gasteiger partial charge on any atom is -0.394 e. The fraction of sp³-hybridized carbons (Fsp3) is 0.267. The molecule has 0 radical (unpaired) electrons. The molecule has 0 aliphatic carbocycles. The minimum atomic E-state index is 0.0750. The number of aryl methyl sites for hydroxylation is 1. The van der Waals surface area contributed by atoms with Crippen molar-refractivity contribution in [1.29, 1.82) is 0 Å². The van der Waals surface area contributed by atoms with Crippen molar-refractivity contribution >= 4 is 17.2 Å². The first-order valence-corrected chi connectivity index (χ1v) is 7.71. The summed E-state index contributed by atoms with van der Waals surface area (Å²) in [5.74, 6) is 0.927.